The molecule has 3 rings (SSSR count). The minimum atomic E-state index is -0.689. The van der Waals surface area contributed by atoms with Gasteiger partial charge in [-0.3, -0.25) is 14.9 Å². The van der Waals surface area contributed by atoms with Crippen molar-refractivity contribution in [3.8, 4) is 5.75 Å². The zero-order chi connectivity index (χ0) is 21.0. The summed E-state index contributed by atoms with van der Waals surface area (Å²) in [6.07, 6.45) is 1.68. The number of aromatic nitrogens is 1. The van der Waals surface area contributed by atoms with Gasteiger partial charge < -0.3 is 19.4 Å². The Morgan fingerprint density at radius 2 is 1.97 bits per heavy atom. The fourth-order valence-electron chi connectivity index (χ4n) is 2.96. The highest BCUT2D eigenvalue weighted by molar-refractivity contribution is 6.05. The molecule has 0 fully saturated rings. The van der Waals surface area contributed by atoms with Crippen molar-refractivity contribution >= 4 is 34.2 Å². The molecule has 1 amide bonds. The lowest BCUT2D eigenvalue weighted by Gasteiger charge is -2.08. The van der Waals surface area contributed by atoms with Gasteiger partial charge in [0.1, 0.15) is 11.4 Å². The molecule has 9 heteroatoms. The van der Waals surface area contributed by atoms with Crippen LogP contribution in [-0.2, 0) is 16.1 Å². The Kier molecular flexibility index (Phi) is 5.77. The van der Waals surface area contributed by atoms with Crippen molar-refractivity contribution in [1.82, 2.24) is 4.57 Å². The first-order chi connectivity index (χ1) is 13.9. The van der Waals surface area contributed by atoms with Gasteiger partial charge in [0.25, 0.3) is 11.6 Å². The number of amides is 1. The molecule has 0 aliphatic heterocycles. The zero-order valence-electron chi connectivity index (χ0n) is 15.9. The number of rotatable bonds is 7. The number of nitrogens with one attached hydrogen (secondary N) is 1. The molecule has 0 aliphatic carbocycles. The molecular formula is C20H19N3O6. The van der Waals surface area contributed by atoms with Crippen LogP contribution in [0.25, 0.3) is 10.9 Å². The van der Waals surface area contributed by atoms with Crippen molar-refractivity contribution in [2.24, 2.45) is 0 Å². The highest BCUT2D eigenvalue weighted by atomic mass is 16.6. The lowest BCUT2D eigenvalue weighted by molar-refractivity contribution is -0.384. The number of benzene rings is 2. The topological polar surface area (TPSA) is 113 Å². The van der Waals surface area contributed by atoms with Gasteiger partial charge in [0.05, 0.1) is 23.7 Å². The van der Waals surface area contributed by atoms with Gasteiger partial charge in [-0.25, -0.2) is 4.79 Å². The maximum atomic E-state index is 12.5. The summed E-state index contributed by atoms with van der Waals surface area (Å²) in [7, 11) is 1.38. The first-order valence-electron chi connectivity index (χ1n) is 8.81. The van der Waals surface area contributed by atoms with E-state index in [-0.39, 0.29) is 17.1 Å². The molecule has 2 aromatic carbocycles. The number of anilines is 1. The van der Waals surface area contributed by atoms with Crippen LogP contribution in [0.5, 0.6) is 5.75 Å². The molecule has 0 unspecified atom stereocenters. The summed E-state index contributed by atoms with van der Waals surface area (Å²) in [6.45, 7) is 2.06. The smallest absolute Gasteiger partial charge is 0.340 e. The van der Waals surface area contributed by atoms with Gasteiger partial charge in [0.15, 0.2) is 6.61 Å². The van der Waals surface area contributed by atoms with Crippen LogP contribution >= 0.6 is 0 Å². The van der Waals surface area contributed by atoms with Crippen LogP contribution in [-0.4, -0.2) is 35.1 Å². The maximum absolute atomic E-state index is 12.5. The number of para-hydroxylation sites is 1. The minimum Gasteiger partial charge on any atom is -0.496 e. The molecule has 29 heavy (non-hydrogen) atoms. The van der Waals surface area contributed by atoms with E-state index in [9.17, 15) is 19.7 Å². The monoisotopic (exact) mass is 397 g/mol. The lowest BCUT2D eigenvalue weighted by Crippen LogP contribution is -2.21. The molecule has 0 saturated heterocycles. The first kappa shape index (κ1) is 19.9. The Labute approximate surface area is 166 Å². The van der Waals surface area contributed by atoms with Gasteiger partial charge in [0.2, 0.25) is 0 Å². The number of esters is 1. The average Bonchev–Trinajstić information content (AvgIpc) is 3.11. The Morgan fingerprint density at radius 3 is 2.66 bits per heavy atom. The number of nitro groups is 1. The third kappa shape index (κ3) is 4.18. The Hall–Kier alpha value is -3.88. The third-order valence-corrected chi connectivity index (χ3v) is 4.36. The van der Waals surface area contributed by atoms with E-state index in [4.69, 9.17) is 9.47 Å². The van der Waals surface area contributed by atoms with Crippen LogP contribution in [0.15, 0.2) is 48.7 Å². The molecule has 1 heterocycles. The van der Waals surface area contributed by atoms with Gasteiger partial charge in [-0.05, 0) is 25.1 Å². The van der Waals surface area contributed by atoms with Crippen LogP contribution in [0.2, 0.25) is 0 Å². The molecule has 0 radical (unpaired) electrons. The fourth-order valence-corrected chi connectivity index (χ4v) is 2.96. The number of nitrogens with zero attached hydrogens (tertiary/aromatic N) is 2. The van der Waals surface area contributed by atoms with Gasteiger partial charge >= 0.3 is 5.97 Å². The van der Waals surface area contributed by atoms with E-state index in [0.29, 0.717) is 12.1 Å². The van der Waals surface area contributed by atoms with Crippen molar-refractivity contribution in [2.45, 2.75) is 13.5 Å². The molecule has 0 bridgehead atoms. The van der Waals surface area contributed by atoms with Crippen molar-refractivity contribution in [2.75, 3.05) is 19.0 Å². The summed E-state index contributed by atoms with van der Waals surface area (Å²) in [5, 5.41) is 14.3. The number of carbonyl (C=O) groups excluding carboxylic acids is 2. The minimum absolute atomic E-state index is 0.0144. The predicted octanol–water partition coefficient (Wildman–Crippen LogP) is 3.37. The van der Waals surface area contributed by atoms with Gasteiger partial charge in [0, 0.05) is 23.6 Å². The summed E-state index contributed by atoms with van der Waals surface area (Å²) in [5.74, 6) is -1.05. The number of hydrogen-bond donors (Lipinski definition) is 1. The van der Waals surface area contributed by atoms with Gasteiger partial charge in [-0.15, -0.1) is 0 Å². The van der Waals surface area contributed by atoms with Crippen molar-refractivity contribution in [3.05, 3.63) is 64.3 Å². The number of carbonyl (C=O) groups is 2. The Bertz CT molecular complexity index is 1090. The largest absolute Gasteiger partial charge is 0.496 e. The summed E-state index contributed by atoms with van der Waals surface area (Å²) < 4.78 is 12.0. The van der Waals surface area contributed by atoms with E-state index in [1.54, 1.807) is 12.3 Å². The molecule has 1 N–H and O–H groups in total. The number of aryl methyl sites for hydroxylation is 1. The molecular weight excluding hydrogens is 378 g/mol. The molecule has 3 aromatic rings. The molecule has 150 valence electrons. The summed E-state index contributed by atoms with van der Waals surface area (Å²) >= 11 is 0. The SMILES string of the molecule is CCn1cc(C(=O)OCC(=O)Nc2ccc(OC)cc2[N+](=O)[O-])c2ccccc21. The molecule has 1 aromatic heterocycles. The highest BCUT2D eigenvalue weighted by Gasteiger charge is 2.20. The lowest BCUT2D eigenvalue weighted by atomic mass is 10.2. The van der Waals surface area contributed by atoms with Crippen LogP contribution in [0.4, 0.5) is 11.4 Å². The third-order valence-electron chi connectivity index (χ3n) is 4.36. The van der Waals surface area contributed by atoms with Crippen molar-refractivity contribution in [1.29, 1.82) is 0 Å². The highest BCUT2D eigenvalue weighted by Crippen LogP contribution is 2.29. The fraction of sp³-hybridized carbons (Fsp3) is 0.200. The van der Waals surface area contributed by atoms with E-state index in [1.807, 2.05) is 29.7 Å². The van der Waals surface area contributed by atoms with Crippen LogP contribution in [0, 0.1) is 10.1 Å². The van der Waals surface area contributed by atoms with E-state index in [2.05, 4.69) is 5.32 Å². The number of methoxy groups -OCH3 is 1. The number of hydrogen-bond acceptors (Lipinski definition) is 6. The second-order valence-corrected chi connectivity index (χ2v) is 6.11. The molecule has 0 atom stereocenters. The molecule has 0 aliphatic rings. The number of ether oxygens (including phenoxy) is 2. The maximum Gasteiger partial charge on any atom is 0.340 e. The molecule has 0 saturated carbocycles. The molecule has 9 nitrogen and oxygen atoms in total. The first-order valence-corrected chi connectivity index (χ1v) is 8.81. The van der Waals surface area contributed by atoms with Crippen LogP contribution < -0.4 is 10.1 Å². The summed E-state index contributed by atoms with van der Waals surface area (Å²) in [4.78, 5) is 35.2. The van der Waals surface area contributed by atoms with Crippen molar-refractivity contribution in [3.63, 3.8) is 0 Å². The van der Waals surface area contributed by atoms with E-state index >= 15 is 0 Å². The van der Waals surface area contributed by atoms with Crippen LogP contribution in [0.1, 0.15) is 17.3 Å². The number of nitro benzene ring substituents is 1. The number of fused-ring (bicyclic) bond motifs is 1. The quantitative estimate of drug-likeness (QED) is 0.372. The normalized spacial score (nSPS) is 10.6. The molecule has 0 spiro atoms. The predicted molar refractivity (Wildman–Crippen MR) is 106 cm³/mol. The second kappa shape index (κ2) is 8.42. The standard InChI is InChI=1S/C20H19N3O6/c1-3-22-11-15(14-6-4-5-7-17(14)22)20(25)29-12-19(24)21-16-9-8-13(28-2)10-18(16)23(26)27/h4-11H,3,12H2,1-2H3,(H,21,24). The van der Waals surface area contributed by atoms with E-state index in [0.717, 1.165) is 10.9 Å². The van der Waals surface area contributed by atoms with Gasteiger partial charge in [-0.1, -0.05) is 18.2 Å². The van der Waals surface area contributed by atoms with E-state index in [1.165, 1.54) is 25.3 Å². The summed E-state index contributed by atoms with van der Waals surface area (Å²) in [5.41, 5.74) is 0.903. The average molecular weight is 397 g/mol. The van der Waals surface area contributed by atoms with E-state index < -0.39 is 23.4 Å². The summed E-state index contributed by atoms with van der Waals surface area (Å²) in [6, 6.07) is 11.4. The van der Waals surface area contributed by atoms with Gasteiger partial charge in [-0.2, -0.15) is 0 Å². The Balaban J connectivity index is 1.70. The Morgan fingerprint density at radius 1 is 1.21 bits per heavy atom. The van der Waals surface area contributed by atoms with Crippen LogP contribution in [0.3, 0.4) is 0 Å². The van der Waals surface area contributed by atoms with Crippen molar-refractivity contribution < 1.29 is 24.0 Å². The zero-order valence-corrected chi connectivity index (χ0v) is 15.9. The second-order valence-electron chi connectivity index (χ2n) is 6.11.